The van der Waals surface area contributed by atoms with E-state index < -0.39 is 5.97 Å². The number of carbonyl (C=O) groups is 4. The van der Waals surface area contributed by atoms with Crippen molar-refractivity contribution in [1.82, 2.24) is 4.90 Å². The fraction of sp³-hybridized carbons (Fsp3) is 0.286. The third-order valence-corrected chi connectivity index (χ3v) is 8.38. The van der Waals surface area contributed by atoms with Crippen LogP contribution in [0.4, 0.5) is 10.7 Å². The molecule has 1 aliphatic rings. The van der Waals surface area contributed by atoms with E-state index in [0.717, 1.165) is 20.9 Å². The van der Waals surface area contributed by atoms with Gasteiger partial charge in [-0.15, -0.1) is 23.1 Å². The summed E-state index contributed by atoms with van der Waals surface area (Å²) in [7, 11) is 0. The van der Waals surface area contributed by atoms with Gasteiger partial charge in [-0.1, -0.05) is 29.8 Å². The molecule has 1 aromatic heterocycles. The highest BCUT2D eigenvalue weighted by atomic mass is 35.5. The number of rotatable bonds is 9. The molecule has 0 saturated heterocycles. The van der Waals surface area contributed by atoms with Crippen molar-refractivity contribution in [3.63, 3.8) is 0 Å². The molecule has 204 valence electrons. The van der Waals surface area contributed by atoms with Gasteiger partial charge in [0.1, 0.15) is 5.00 Å². The van der Waals surface area contributed by atoms with Crippen LogP contribution in [0.2, 0.25) is 5.02 Å². The highest BCUT2D eigenvalue weighted by Crippen LogP contribution is 2.38. The van der Waals surface area contributed by atoms with Gasteiger partial charge in [-0.25, -0.2) is 4.79 Å². The van der Waals surface area contributed by atoms with Crippen LogP contribution >= 0.6 is 34.7 Å². The van der Waals surface area contributed by atoms with Gasteiger partial charge in [-0.05, 0) is 54.8 Å². The molecule has 0 radical (unpaired) electrons. The number of carbonyl (C=O) groups excluding carboxylic acids is 4. The maximum absolute atomic E-state index is 12.9. The molecule has 0 spiro atoms. The molecule has 1 aliphatic heterocycles. The van der Waals surface area contributed by atoms with E-state index in [-0.39, 0.29) is 36.5 Å². The van der Waals surface area contributed by atoms with Crippen molar-refractivity contribution in [3.8, 4) is 0 Å². The normalized spacial score (nSPS) is 12.4. The minimum absolute atomic E-state index is 0.0304. The molecule has 4 rings (SSSR count). The number of amides is 3. The zero-order chi connectivity index (χ0) is 27.9. The summed E-state index contributed by atoms with van der Waals surface area (Å²) in [4.78, 5) is 53.3. The minimum atomic E-state index is -0.476. The summed E-state index contributed by atoms with van der Waals surface area (Å²) >= 11 is 8.53. The van der Waals surface area contributed by atoms with Gasteiger partial charge in [0.15, 0.2) is 0 Å². The van der Waals surface area contributed by atoms with E-state index in [1.54, 1.807) is 30.0 Å². The number of nitrogens with one attached hydrogen (secondary N) is 2. The summed E-state index contributed by atoms with van der Waals surface area (Å²) in [5.41, 5.74) is 2.69. The van der Waals surface area contributed by atoms with E-state index >= 15 is 0 Å². The molecule has 0 atom stereocenters. The van der Waals surface area contributed by atoms with Crippen molar-refractivity contribution in [2.75, 3.05) is 29.5 Å². The Balaban J connectivity index is 1.38. The van der Waals surface area contributed by atoms with Crippen LogP contribution in [-0.4, -0.2) is 47.5 Å². The van der Waals surface area contributed by atoms with Crippen LogP contribution in [0.5, 0.6) is 0 Å². The second-order valence-electron chi connectivity index (χ2n) is 8.84. The van der Waals surface area contributed by atoms with E-state index in [1.165, 1.54) is 30.0 Å². The SMILES string of the molecule is CCOC(=O)c1c(NC(=O)CSc2cccc(NC(=O)Cc3ccc(Cl)cc3)c2)sc2c1CCN(C(C)=O)C2. The Morgan fingerprint density at radius 2 is 1.85 bits per heavy atom. The number of esters is 1. The predicted molar refractivity (Wildman–Crippen MR) is 155 cm³/mol. The summed E-state index contributed by atoms with van der Waals surface area (Å²) in [6, 6.07) is 14.4. The van der Waals surface area contributed by atoms with Crippen LogP contribution in [0.3, 0.4) is 0 Å². The molecule has 2 aromatic carbocycles. The maximum atomic E-state index is 12.9. The first-order valence-corrected chi connectivity index (χ1v) is 14.6. The van der Waals surface area contributed by atoms with E-state index in [1.807, 2.05) is 30.3 Å². The van der Waals surface area contributed by atoms with Crippen LogP contribution in [0.1, 0.15) is 40.2 Å². The number of halogens is 1. The molecule has 8 nitrogen and oxygen atoms in total. The van der Waals surface area contributed by atoms with Crippen molar-refractivity contribution in [3.05, 3.63) is 75.1 Å². The summed E-state index contributed by atoms with van der Waals surface area (Å²) < 4.78 is 5.26. The standard InChI is InChI=1S/C28H28ClN3O5S2/c1-3-37-28(36)26-22-11-12-32(17(2)33)15-23(22)39-27(26)31-25(35)16-38-21-6-4-5-20(14-21)30-24(34)13-18-7-9-19(29)10-8-18/h4-10,14H,3,11-13,15-16H2,1-2H3,(H,30,34)(H,31,35). The second-order valence-corrected chi connectivity index (χ2v) is 11.4. The number of hydrogen-bond acceptors (Lipinski definition) is 7. The Hall–Kier alpha value is -3.34. The second kappa shape index (κ2) is 13.1. The number of hydrogen-bond donors (Lipinski definition) is 2. The average molecular weight is 586 g/mol. The van der Waals surface area contributed by atoms with Crippen molar-refractivity contribution in [1.29, 1.82) is 0 Å². The predicted octanol–water partition coefficient (Wildman–Crippen LogP) is 5.39. The highest BCUT2D eigenvalue weighted by Gasteiger charge is 2.30. The van der Waals surface area contributed by atoms with Gasteiger partial charge >= 0.3 is 5.97 Å². The fourth-order valence-electron chi connectivity index (χ4n) is 4.15. The number of ether oxygens (including phenoxy) is 1. The Bertz CT molecular complexity index is 1390. The molecule has 39 heavy (non-hydrogen) atoms. The summed E-state index contributed by atoms with van der Waals surface area (Å²) in [6.45, 7) is 4.39. The molecular formula is C28H28ClN3O5S2. The third-order valence-electron chi connectivity index (χ3n) is 6.00. The molecule has 0 fully saturated rings. The molecule has 0 saturated carbocycles. The third kappa shape index (κ3) is 7.62. The Labute approximate surface area is 240 Å². The van der Waals surface area contributed by atoms with E-state index in [2.05, 4.69) is 10.6 Å². The number of nitrogens with zero attached hydrogens (tertiary/aromatic N) is 1. The number of anilines is 2. The Morgan fingerprint density at radius 1 is 1.08 bits per heavy atom. The van der Waals surface area contributed by atoms with Crippen LogP contribution in [0, 0.1) is 0 Å². The van der Waals surface area contributed by atoms with Crippen LogP contribution in [0.15, 0.2) is 53.4 Å². The van der Waals surface area contributed by atoms with Gasteiger partial charge in [-0.3, -0.25) is 14.4 Å². The number of thioether (sulfide) groups is 1. The van der Waals surface area contributed by atoms with Gasteiger partial charge in [-0.2, -0.15) is 0 Å². The molecule has 2 heterocycles. The van der Waals surface area contributed by atoms with Gasteiger partial charge in [0.2, 0.25) is 17.7 Å². The van der Waals surface area contributed by atoms with Gasteiger partial charge in [0.05, 0.1) is 30.9 Å². The average Bonchev–Trinajstić information content (AvgIpc) is 3.26. The minimum Gasteiger partial charge on any atom is -0.462 e. The monoisotopic (exact) mass is 585 g/mol. The van der Waals surface area contributed by atoms with Crippen LogP contribution in [-0.2, 0) is 38.5 Å². The van der Waals surface area contributed by atoms with Crippen molar-refractivity contribution < 1.29 is 23.9 Å². The summed E-state index contributed by atoms with van der Waals surface area (Å²) in [6.07, 6.45) is 0.745. The topological polar surface area (TPSA) is 105 Å². The molecule has 3 aromatic rings. The zero-order valence-corrected chi connectivity index (χ0v) is 23.9. The zero-order valence-electron chi connectivity index (χ0n) is 21.5. The molecule has 11 heteroatoms. The van der Waals surface area contributed by atoms with E-state index in [0.29, 0.717) is 40.8 Å². The number of benzene rings is 2. The maximum Gasteiger partial charge on any atom is 0.341 e. The molecule has 0 bridgehead atoms. The summed E-state index contributed by atoms with van der Waals surface area (Å²) in [5.74, 6) is -0.834. The first-order valence-electron chi connectivity index (χ1n) is 12.4. The fourth-order valence-corrected chi connectivity index (χ4v) is 6.30. The lowest BCUT2D eigenvalue weighted by molar-refractivity contribution is -0.129. The first kappa shape index (κ1) is 28.7. The Morgan fingerprint density at radius 3 is 2.56 bits per heavy atom. The van der Waals surface area contributed by atoms with Gasteiger partial charge < -0.3 is 20.3 Å². The van der Waals surface area contributed by atoms with Crippen LogP contribution in [0.25, 0.3) is 0 Å². The summed E-state index contributed by atoms with van der Waals surface area (Å²) in [5, 5.41) is 6.81. The van der Waals surface area contributed by atoms with E-state index in [4.69, 9.17) is 16.3 Å². The molecule has 3 amide bonds. The quantitative estimate of drug-likeness (QED) is 0.257. The number of fused-ring (bicyclic) bond motifs is 1. The molecule has 2 N–H and O–H groups in total. The first-order chi connectivity index (χ1) is 18.7. The highest BCUT2D eigenvalue weighted by molar-refractivity contribution is 8.00. The lowest BCUT2D eigenvalue weighted by atomic mass is 10.0. The lowest BCUT2D eigenvalue weighted by Gasteiger charge is -2.25. The van der Waals surface area contributed by atoms with Crippen molar-refractivity contribution >= 4 is 69.1 Å². The molecule has 0 aliphatic carbocycles. The van der Waals surface area contributed by atoms with Gasteiger partial charge in [0, 0.05) is 34.0 Å². The number of thiophene rings is 1. The Kier molecular flexibility index (Phi) is 9.66. The molecule has 0 unspecified atom stereocenters. The molecular weight excluding hydrogens is 558 g/mol. The van der Waals surface area contributed by atoms with E-state index in [9.17, 15) is 19.2 Å². The largest absolute Gasteiger partial charge is 0.462 e. The van der Waals surface area contributed by atoms with Crippen molar-refractivity contribution in [2.24, 2.45) is 0 Å². The smallest absolute Gasteiger partial charge is 0.341 e. The van der Waals surface area contributed by atoms with Crippen LogP contribution < -0.4 is 10.6 Å². The lowest BCUT2D eigenvalue weighted by Crippen LogP contribution is -2.34. The van der Waals surface area contributed by atoms with Crippen molar-refractivity contribution in [2.45, 2.75) is 38.1 Å². The van der Waals surface area contributed by atoms with Gasteiger partial charge in [0.25, 0.3) is 0 Å².